The lowest BCUT2D eigenvalue weighted by Crippen LogP contribution is -2.44. The highest BCUT2D eigenvalue weighted by molar-refractivity contribution is 7.80. The Balaban J connectivity index is 2.79. The highest BCUT2D eigenvalue weighted by atomic mass is 32.1. The zero-order valence-corrected chi connectivity index (χ0v) is 7.75. The highest BCUT2D eigenvalue weighted by Gasteiger charge is 2.45. The molecule has 1 aliphatic rings. The van der Waals surface area contributed by atoms with Crippen molar-refractivity contribution in [2.75, 3.05) is 7.11 Å². The molecule has 1 saturated carbocycles. The number of halogens is 1. The molecule has 0 aromatic carbocycles. The van der Waals surface area contributed by atoms with Crippen molar-refractivity contribution < 1.29 is 13.9 Å². The van der Waals surface area contributed by atoms with Crippen LogP contribution in [-0.2, 0) is 9.53 Å². The van der Waals surface area contributed by atoms with Crippen LogP contribution in [0.5, 0.6) is 0 Å². The lowest BCUT2D eigenvalue weighted by atomic mass is 9.86. The van der Waals surface area contributed by atoms with Crippen LogP contribution < -0.4 is 0 Å². The number of hydrogen-bond acceptors (Lipinski definition) is 3. The van der Waals surface area contributed by atoms with E-state index in [1.807, 2.05) is 0 Å². The van der Waals surface area contributed by atoms with Gasteiger partial charge in [-0.15, -0.1) is 0 Å². The molecule has 0 saturated heterocycles. The molecule has 0 bridgehead atoms. The lowest BCUT2D eigenvalue weighted by molar-refractivity contribution is -0.150. The van der Waals surface area contributed by atoms with Crippen molar-refractivity contribution in [3.8, 4) is 0 Å². The van der Waals surface area contributed by atoms with Gasteiger partial charge in [0, 0.05) is 4.86 Å². The number of methoxy groups -OCH3 is 1. The molecule has 0 spiro atoms. The Morgan fingerprint density at radius 2 is 2.33 bits per heavy atom. The second-order valence-electron chi connectivity index (χ2n) is 2.92. The van der Waals surface area contributed by atoms with Crippen LogP contribution in [-0.4, -0.2) is 23.6 Å². The van der Waals surface area contributed by atoms with Gasteiger partial charge in [-0.1, -0.05) is 12.2 Å². The standard InChI is InChI=1S/C8H11FO2S/c1-11-7(10)8(9)5-3-2-4-6(8)12/h2-5H2,1H3. The minimum Gasteiger partial charge on any atom is -0.466 e. The predicted molar refractivity (Wildman–Crippen MR) is 46.9 cm³/mol. The fraction of sp³-hybridized carbons (Fsp3) is 0.750. The van der Waals surface area contributed by atoms with E-state index in [1.54, 1.807) is 0 Å². The summed E-state index contributed by atoms with van der Waals surface area (Å²) in [6, 6.07) is 0. The summed E-state index contributed by atoms with van der Waals surface area (Å²) in [5.74, 6) is -0.841. The van der Waals surface area contributed by atoms with Crippen molar-refractivity contribution >= 4 is 23.1 Å². The van der Waals surface area contributed by atoms with Gasteiger partial charge in [-0.3, -0.25) is 0 Å². The van der Waals surface area contributed by atoms with Crippen LogP contribution in [0.1, 0.15) is 25.7 Å². The number of hydrogen-bond donors (Lipinski definition) is 0. The number of carbonyl (C=O) groups excluding carboxylic acids is 1. The van der Waals surface area contributed by atoms with Gasteiger partial charge in [0.05, 0.1) is 7.11 Å². The van der Waals surface area contributed by atoms with Gasteiger partial charge in [0.1, 0.15) is 0 Å². The Labute approximate surface area is 76.1 Å². The Bertz CT molecular complexity index is 207. The largest absolute Gasteiger partial charge is 0.466 e. The molecule has 1 unspecified atom stereocenters. The third kappa shape index (κ3) is 1.48. The zero-order chi connectivity index (χ0) is 9.19. The third-order valence-electron chi connectivity index (χ3n) is 2.13. The maximum absolute atomic E-state index is 13.7. The van der Waals surface area contributed by atoms with Crippen LogP contribution in [0, 0.1) is 0 Å². The summed E-state index contributed by atoms with van der Waals surface area (Å²) in [6.45, 7) is 0. The molecule has 68 valence electrons. The molecular weight excluding hydrogens is 179 g/mol. The number of carbonyl (C=O) groups is 1. The first-order valence-corrected chi connectivity index (χ1v) is 4.32. The van der Waals surface area contributed by atoms with Crippen LogP contribution >= 0.6 is 12.2 Å². The zero-order valence-electron chi connectivity index (χ0n) is 6.93. The second-order valence-corrected chi connectivity index (χ2v) is 3.42. The Morgan fingerprint density at radius 3 is 2.83 bits per heavy atom. The van der Waals surface area contributed by atoms with E-state index in [0.717, 1.165) is 6.42 Å². The normalized spacial score (nSPS) is 30.0. The summed E-state index contributed by atoms with van der Waals surface area (Å²) in [5, 5.41) is 0. The molecule has 2 nitrogen and oxygen atoms in total. The molecule has 1 aliphatic carbocycles. The first-order chi connectivity index (χ1) is 5.61. The van der Waals surface area contributed by atoms with E-state index < -0.39 is 11.6 Å². The molecule has 4 heteroatoms. The molecule has 1 atom stereocenters. The summed E-state index contributed by atoms with van der Waals surface area (Å²) in [7, 11) is 1.18. The molecule has 0 aliphatic heterocycles. The van der Waals surface area contributed by atoms with Gasteiger partial charge in [-0.05, 0) is 25.7 Å². The van der Waals surface area contributed by atoms with Crippen molar-refractivity contribution in [2.24, 2.45) is 0 Å². The molecule has 0 aromatic rings. The topological polar surface area (TPSA) is 26.3 Å². The quantitative estimate of drug-likeness (QED) is 0.466. The smallest absolute Gasteiger partial charge is 0.348 e. The van der Waals surface area contributed by atoms with Crippen LogP contribution in [0.2, 0.25) is 0 Å². The van der Waals surface area contributed by atoms with Gasteiger partial charge >= 0.3 is 5.97 Å². The minimum absolute atomic E-state index is 0.179. The number of alkyl halides is 1. The van der Waals surface area contributed by atoms with Gasteiger partial charge < -0.3 is 4.74 Å². The molecule has 12 heavy (non-hydrogen) atoms. The van der Waals surface area contributed by atoms with E-state index >= 15 is 0 Å². The predicted octanol–water partition coefficient (Wildman–Crippen LogP) is 1.81. The van der Waals surface area contributed by atoms with E-state index in [1.165, 1.54) is 7.11 Å². The molecule has 1 fully saturated rings. The van der Waals surface area contributed by atoms with Crippen LogP contribution in [0.3, 0.4) is 0 Å². The Morgan fingerprint density at radius 1 is 1.67 bits per heavy atom. The van der Waals surface area contributed by atoms with Crippen molar-refractivity contribution in [1.29, 1.82) is 0 Å². The van der Waals surface area contributed by atoms with Crippen molar-refractivity contribution in [1.82, 2.24) is 0 Å². The van der Waals surface area contributed by atoms with E-state index in [4.69, 9.17) is 12.2 Å². The van der Waals surface area contributed by atoms with E-state index in [0.29, 0.717) is 12.8 Å². The summed E-state index contributed by atoms with van der Waals surface area (Å²) < 4.78 is 18.1. The SMILES string of the molecule is COC(=O)C1(F)CCCCC1=S. The minimum atomic E-state index is -1.98. The average Bonchev–Trinajstić information content (AvgIpc) is 2.09. The van der Waals surface area contributed by atoms with Gasteiger partial charge in [-0.2, -0.15) is 0 Å². The van der Waals surface area contributed by atoms with Gasteiger partial charge in [0.25, 0.3) is 0 Å². The van der Waals surface area contributed by atoms with Crippen molar-refractivity contribution in [2.45, 2.75) is 31.4 Å². The molecule has 0 N–H and O–H groups in total. The average molecular weight is 190 g/mol. The molecule has 0 aromatic heterocycles. The Kier molecular flexibility index (Phi) is 2.77. The fourth-order valence-corrected chi connectivity index (χ4v) is 1.70. The van der Waals surface area contributed by atoms with E-state index in [9.17, 15) is 9.18 Å². The number of esters is 1. The van der Waals surface area contributed by atoms with Crippen molar-refractivity contribution in [3.05, 3.63) is 0 Å². The van der Waals surface area contributed by atoms with Gasteiger partial charge in [0.15, 0.2) is 0 Å². The van der Waals surface area contributed by atoms with Gasteiger partial charge in [-0.25, -0.2) is 9.18 Å². The van der Waals surface area contributed by atoms with Crippen LogP contribution in [0.4, 0.5) is 4.39 Å². The van der Waals surface area contributed by atoms with Crippen molar-refractivity contribution in [3.63, 3.8) is 0 Å². The highest BCUT2D eigenvalue weighted by Crippen LogP contribution is 2.30. The molecule has 0 radical (unpaired) electrons. The summed E-state index contributed by atoms with van der Waals surface area (Å²) in [5.41, 5.74) is -1.98. The second kappa shape index (κ2) is 3.47. The van der Waals surface area contributed by atoms with E-state index in [2.05, 4.69) is 4.74 Å². The van der Waals surface area contributed by atoms with Crippen LogP contribution in [0.15, 0.2) is 0 Å². The number of thiocarbonyl (C=S) groups is 1. The van der Waals surface area contributed by atoms with Gasteiger partial charge in [0.2, 0.25) is 5.67 Å². The first-order valence-electron chi connectivity index (χ1n) is 3.92. The summed E-state index contributed by atoms with van der Waals surface area (Å²) >= 11 is 4.81. The molecular formula is C8H11FO2S. The summed E-state index contributed by atoms with van der Waals surface area (Å²) in [4.78, 5) is 11.2. The monoisotopic (exact) mass is 190 g/mol. The maximum atomic E-state index is 13.7. The lowest BCUT2D eigenvalue weighted by Gasteiger charge is -2.27. The Hall–Kier alpha value is -0.510. The molecule has 1 rings (SSSR count). The number of ether oxygens (including phenoxy) is 1. The molecule has 0 amide bonds. The third-order valence-corrected chi connectivity index (χ3v) is 2.65. The fourth-order valence-electron chi connectivity index (χ4n) is 1.37. The molecule has 0 heterocycles. The van der Waals surface area contributed by atoms with Crippen LogP contribution in [0.25, 0.3) is 0 Å². The first kappa shape index (κ1) is 9.58. The summed E-state index contributed by atoms with van der Waals surface area (Å²) in [6.07, 6.45) is 2.27. The number of rotatable bonds is 1. The van der Waals surface area contributed by atoms with E-state index in [-0.39, 0.29) is 11.3 Å². The maximum Gasteiger partial charge on any atom is 0.348 e.